The summed E-state index contributed by atoms with van der Waals surface area (Å²) in [5.74, 6) is 1.38. The summed E-state index contributed by atoms with van der Waals surface area (Å²) < 4.78 is 5.90. The highest BCUT2D eigenvalue weighted by Crippen LogP contribution is 2.34. The fourth-order valence-electron chi connectivity index (χ4n) is 4.17. The lowest BCUT2D eigenvalue weighted by Crippen LogP contribution is -2.12. The molecular weight excluding hydrogens is 428 g/mol. The summed E-state index contributed by atoms with van der Waals surface area (Å²) in [6.07, 6.45) is 3.33. The second kappa shape index (κ2) is 7.67. The third kappa shape index (κ3) is 3.31. The molecule has 0 aliphatic rings. The van der Waals surface area contributed by atoms with Gasteiger partial charge < -0.3 is 14.4 Å². The van der Waals surface area contributed by atoms with E-state index < -0.39 is 0 Å². The van der Waals surface area contributed by atoms with E-state index in [-0.39, 0.29) is 11.0 Å². The Bertz CT molecular complexity index is 1830. The first-order valence-electron chi connectivity index (χ1n) is 10.7. The highest BCUT2D eigenvalue weighted by Gasteiger charge is 2.18. The van der Waals surface area contributed by atoms with Gasteiger partial charge in [0.2, 0.25) is 5.56 Å². The molecule has 5 aromatic heterocycles. The van der Waals surface area contributed by atoms with E-state index in [0.29, 0.717) is 33.7 Å². The SMILES string of the molecule is Cc1ccc(-c2nc3[nH]cc(-c4cccc(=O)[nH]4)c(=O)c3cc2-c2ccc3ncccc3c2)o1. The van der Waals surface area contributed by atoms with Crippen molar-refractivity contribution >= 4 is 21.9 Å². The van der Waals surface area contributed by atoms with Gasteiger partial charge in [0.15, 0.2) is 11.2 Å². The molecule has 6 aromatic rings. The molecule has 0 fully saturated rings. The molecule has 2 N–H and O–H groups in total. The summed E-state index contributed by atoms with van der Waals surface area (Å²) in [6.45, 7) is 1.88. The molecule has 6 rings (SSSR count). The molecular formula is C27H18N4O3. The zero-order valence-electron chi connectivity index (χ0n) is 18.1. The number of hydrogen-bond donors (Lipinski definition) is 2. The lowest BCUT2D eigenvalue weighted by molar-refractivity contribution is 0.547. The first-order valence-corrected chi connectivity index (χ1v) is 10.7. The minimum absolute atomic E-state index is 0.228. The molecule has 0 unspecified atom stereocenters. The number of nitrogens with zero attached hydrogens (tertiary/aromatic N) is 2. The van der Waals surface area contributed by atoms with Crippen LogP contribution in [0.4, 0.5) is 0 Å². The Kier molecular flexibility index (Phi) is 4.48. The van der Waals surface area contributed by atoms with Gasteiger partial charge in [-0.15, -0.1) is 0 Å². The first kappa shape index (κ1) is 19.9. The van der Waals surface area contributed by atoms with Gasteiger partial charge in [0.25, 0.3) is 0 Å². The predicted molar refractivity (Wildman–Crippen MR) is 132 cm³/mol. The van der Waals surface area contributed by atoms with Crippen molar-refractivity contribution in [2.45, 2.75) is 6.92 Å². The topological polar surface area (TPSA) is 105 Å². The maximum Gasteiger partial charge on any atom is 0.248 e. The second-order valence-corrected chi connectivity index (χ2v) is 8.06. The number of rotatable bonds is 3. The second-order valence-electron chi connectivity index (χ2n) is 8.06. The smallest absolute Gasteiger partial charge is 0.248 e. The lowest BCUT2D eigenvalue weighted by Gasteiger charge is -2.11. The van der Waals surface area contributed by atoms with Gasteiger partial charge in [0.05, 0.1) is 22.2 Å². The van der Waals surface area contributed by atoms with Crippen LogP contribution in [0, 0.1) is 6.92 Å². The predicted octanol–water partition coefficient (Wildman–Crippen LogP) is 5.06. The van der Waals surface area contributed by atoms with E-state index in [1.807, 2.05) is 55.5 Å². The Balaban J connectivity index is 1.65. The van der Waals surface area contributed by atoms with Crippen LogP contribution in [0.1, 0.15) is 5.76 Å². The maximum absolute atomic E-state index is 13.5. The number of H-pyrrole nitrogens is 2. The standard InChI is InChI=1S/C27H18N4O3/c1-15-7-10-23(34-15)25-18(16-8-9-21-17(12-16)4-3-11-28-21)13-19-26(33)20(14-29-27(19)31-25)22-5-2-6-24(32)30-22/h2-14H,1H3,(H,30,32)(H,29,31,33). The number of pyridine rings is 4. The molecule has 0 amide bonds. The molecule has 7 nitrogen and oxygen atoms in total. The largest absolute Gasteiger partial charge is 0.460 e. The van der Waals surface area contributed by atoms with E-state index in [1.165, 1.54) is 6.07 Å². The summed E-state index contributed by atoms with van der Waals surface area (Å²) in [5.41, 5.74) is 3.89. The van der Waals surface area contributed by atoms with Crippen molar-refractivity contribution in [1.29, 1.82) is 0 Å². The van der Waals surface area contributed by atoms with Crippen LogP contribution in [0.2, 0.25) is 0 Å². The molecule has 0 atom stereocenters. The Morgan fingerprint density at radius 3 is 2.65 bits per heavy atom. The summed E-state index contributed by atoms with van der Waals surface area (Å²) in [6, 6.07) is 20.1. The van der Waals surface area contributed by atoms with Crippen LogP contribution in [-0.4, -0.2) is 19.9 Å². The van der Waals surface area contributed by atoms with Gasteiger partial charge in [0.1, 0.15) is 17.1 Å². The van der Waals surface area contributed by atoms with Crippen LogP contribution < -0.4 is 11.0 Å². The zero-order valence-corrected chi connectivity index (χ0v) is 18.1. The fourth-order valence-corrected chi connectivity index (χ4v) is 4.17. The Hall–Kier alpha value is -4.78. The molecule has 164 valence electrons. The molecule has 5 heterocycles. The van der Waals surface area contributed by atoms with Crippen molar-refractivity contribution < 1.29 is 4.42 Å². The van der Waals surface area contributed by atoms with Crippen molar-refractivity contribution in [1.82, 2.24) is 19.9 Å². The van der Waals surface area contributed by atoms with Crippen molar-refractivity contribution in [3.63, 3.8) is 0 Å². The van der Waals surface area contributed by atoms with Gasteiger partial charge >= 0.3 is 0 Å². The molecule has 0 bridgehead atoms. The zero-order chi connectivity index (χ0) is 23.2. The molecule has 0 radical (unpaired) electrons. The van der Waals surface area contributed by atoms with Crippen LogP contribution >= 0.6 is 0 Å². The summed E-state index contributed by atoms with van der Waals surface area (Å²) in [5, 5.41) is 1.39. The van der Waals surface area contributed by atoms with E-state index >= 15 is 0 Å². The molecule has 7 heteroatoms. The Labute approximate surface area is 192 Å². The van der Waals surface area contributed by atoms with Crippen LogP contribution in [0.5, 0.6) is 0 Å². The average molecular weight is 446 g/mol. The van der Waals surface area contributed by atoms with E-state index in [4.69, 9.17) is 9.40 Å². The van der Waals surface area contributed by atoms with E-state index in [1.54, 1.807) is 24.5 Å². The van der Waals surface area contributed by atoms with Gasteiger partial charge in [-0.3, -0.25) is 14.6 Å². The summed E-state index contributed by atoms with van der Waals surface area (Å²) >= 11 is 0. The Morgan fingerprint density at radius 1 is 0.912 bits per heavy atom. The molecule has 0 aliphatic heterocycles. The quantitative estimate of drug-likeness (QED) is 0.395. The third-order valence-electron chi connectivity index (χ3n) is 5.81. The Morgan fingerprint density at radius 2 is 1.82 bits per heavy atom. The van der Waals surface area contributed by atoms with E-state index in [9.17, 15) is 9.59 Å². The van der Waals surface area contributed by atoms with Gasteiger partial charge in [-0.2, -0.15) is 0 Å². The average Bonchev–Trinajstić information content (AvgIpc) is 3.29. The van der Waals surface area contributed by atoms with E-state index in [2.05, 4.69) is 15.0 Å². The van der Waals surface area contributed by atoms with E-state index in [0.717, 1.165) is 27.8 Å². The maximum atomic E-state index is 13.5. The van der Waals surface area contributed by atoms with Crippen LogP contribution in [-0.2, 0) is 0 Å². The lowest BCUT2D eigenvalue weighted by atomic mass is 9.98. The van der Waals surface area contributed by atoms with Crippen molar-refractivity contribution in [2.24, 2.45) is 0 Å². The molecule has 0 spiro atoms. The molecule has 0 saturated carbocycles. The number of aromatic nitrogens is 4. The number of hydrogen-bond acceptors (Lipinski definition) is 5. The van der Waals surface area contributed by atoms with Gasteiger partial charge in [-0.05, 0) is 55.0 Å². The number of fused-ring (bicyclic) bond motifs is 2. The molecule has 1 aromatic carbocycles. The summed E-state index contributed by atoms with van der Waals surface area (Å²) in [7, 11) is 0. The fraction of sp³-hybridized carbons (Fsp3) is 0.0370. The molecule has 0 saturated heterocycles. The highest BCUT2D eigenvalue weighted by molar-refractivity contribution is 5.93. The minimum Gasteiger partial charge on any atom is -0.460 e. The number of nitrogens with one attached hydrogen (secondary N) is 2. The highest BCUT2D eigenvalue weighted by atomic mass is 16.3. The van der Waals surface area contributed by atoms with Gasteiger partial charge in [-0.25, -0.2) is 4.98 Å². The minimum atomic E-state index is -0.274. The first-order chi connectivity index (χ1) is 16.6. The number of furan rings is 1. The molecule has 34 heavy (non-hydrogen) atoms. The normalized spacial score (nSPS) is 11.3. The van der Waals surface area contributed by atoms with Crippen LogP contribution in [0.3, 0.4) is 0 Å². The van der Waals surface area contributed by atoms with Crippen LogP contribution in [0.15, 0.2) is 93.1 Å². The van der Waals surface area contributed by atoms with Crippen LogP contribution in [0.25, 0.3) is 55.8 Å². The number of benzene rings is 1. The third-order valence-corrected chi connectivity index (χ3v) is 5.81. The van der Waals surface area contributed by atoms with Crippen molar-refractivity contribution in [2.75, 3.05) is 0 Å². The van der Waals surface area contributed by atoms with Crippen molar-refractivity contribution in [3.05, 3.63) is 105 Å². The molecule has 0 aliphatic carbocycles. The van der Waals surface area contributed by atoms with Crippen molar-refractivity contribution in [3.8, 4) is 33.8 Å². The summed E-state index contributed by atoms with van der Waals surface area (Å²) in [4.78, 5) is 40.3. The van der Waals surface area contributed by atoms with Gasteiger partial charge in [0, 0.05) is 29.4 Å². The monoisotopic (exact) mass is 446 g/mol. The number of aromatic amines is 2. The number of aryl methyl sites for hydroxylation is 1. The van der Waals surface area contributed by atoms with Gasteiger partial charge in [-0.1, -0.05) is 18.2 Å².